The van der Waals surface area contributed by atoms with Crippen LogP contribution in [-0.4, -0.2) is 42.4 Å². The molecule has 10 nitrogen and oxygen atoms in total. The Morgan fingerprint density at radius 2 is 2.07 bits per heavy atom. The monoisotopic (exact) mass is 413 g/mol. The van der Waals surface area contributed by atoms with Crippen molar-refractivity contribution < 1.29 is 19.0 Å². The minimum atomic E-state index is -0.167. The Hall–Kier alpha value is -3.43. The number of nitrogens with one attached hydrogen (secondary N) is 1. The fourth-order valence-corrected chi connectivity index (χ4v) is 3.64. The second kappa shape index (κ2) is 8.93. The Kier molecular flexibility index (Phi) is 5.92. The lowest BCUT2D eigenvalue weighted by Crippen LogP contribution is -2.37. The standard InChI is InChI=1S/C20H23N5O5/c1-2-28-20(26)14-5-7-25(8-6-14)19-17(24-27)18(22-11-23-19)21-10-13-3-4-15-16(9-13)30-12-29-15/h3-4,9,11,14H,2,5-8,10,12H2,1H3,(H,21,22,23). The molecule has 0 unspecified atom stereocenters. The van der Waals surface area contributed by atoms with Crippen molar-refractivity contribution in [3.05, 3.63) is 35.0 Å². The lowest BCUT2D eigenvalue weighted by Gasteiger charge is -2.32. The highest BCUT2D eigenvalue weighted by molar-refractivity contribution is 5.76. The lowest BCUT2D eigenvalue weighted by atomic mass is 9.97. The molecule has 1 aromatic heterocycles. The van der Waals surface area contributed by atoms with Gasteiger partial charge in [-0.2, -0.15) is 0 Å². The van der Waals surface area contributed by atoms with Gasteiger partial charge in [-0.05, 0) is 42.6 Å². The fourth-order valence-electron chi connectivity index (χ4n) is 3.64. The molecule has 2 aliphatic rings. The van der Waals surface area contributed by atoms with Crippen molar-refractivity contribution in [3.8, 4) is 11.5 Å². The van der Waals surface area contributed by atoms with Gasteiger partial charge in [0.05, 0.1) is 12.5 Å². The molecule has 1 saturated heterocycles. The first kappa shape index (κ1) is 19.9. The summed E-state index contributed by atoms with van der Waals surface area (Å²) in [5.74, 6) is 1.94. The van der Waals surface area contributed by atoms with Gasteiger partial charge in [0.15, 0.2) is 28.8 Å². The number of hydrogen-bond donors (Lipinski definition) is 1. The van der Waals surface area contributed by atoms with Crippen LogP contribution in [0.2, 0.25) is 0 Å². The van der Waals surface area contributed by atoms with Crippen LogP contribution in [0.15, 0.2) is 29.7 Å². The van der Waals surface area contributed by atoms with Gasteiger partial charge in [-0.15, -0.1) is 4.91 Å². The Labute approximate surface area is 173 Å². The highest BCUT2D eigenvalue weighted by atomic mass is 16.7. The normalized spacial score (nSPS) is 15.7. The van der Waals surface area contributed by atoms with Crippen molar-refractivity contribution >= 4 is 23.3 Å². The van der Waals surface area contributed by atoms with E-state index in [0.717, 1.165) is 5.56 Å². The van der Waals surface area contributed by atoms with Crippen molar-refractivity contribution in [2.45, 2.75) is 26.3 Å². The van der Waals surface area contributed by atoms with Gasteiger partial charge in [0.1, 0.15) is 6.33 Å². The molecule has 0 spiro atoms. The maximum Gasteiger partial charge on any atom is 0.309 e. The molecule has 1 aromatic carbocycles. The van der Waals surface area contributed by atoms with E-state index in [4.69, 9.17) is 14.2 Å². The molecular formula is C20H23N5O5. The molecule has 2 aliphatic heterocycles. The number of hydrogen-bond acceptors (Lipinski definition) is 10. The quantitative estimate of drug-likeness (QED) is 0.540. The van der Waals surface area contributed by atoms with Crippen molar-refractivity contribution in [2.75, 3.05) is 36.7 Å². The molecule has 3 heterocycles. The molecule has 158 valence electrons. The molecule has 0 aliphatic carbocycles. The third kappa shape index (κ3) is 4.12. The average Bonchev–Trinajstić information content (AvgIpc) is 3.25. The predicted molar refractivity (Wildman–Crippen MR) is 109 cm³/mol. The average molecular weight is 413 g/mol. The number of fused-ring (bicyclic) bond motifs is 1. The van der Waals surface area contributed by atoms with Gasteiger partial charge in [0, 0.05) is 19.6 Å². The van der Waals surface area contributed by atoms with E-state index in [0.29, 0.717) is 62.2 Å². The molecule has 0 atom stereocenters. The number of esters is 1. The first-order valence-electron chi connectivity index (χ1n) is 9.92. The van der Waals surface area contributed by atoms with Crippen LogP contribution in [0.25, 0.3) is 0 Å². The summed E-state index contributed by atoms with van der Waals surface area (Å²) in [6.45, 7) is 4.00. The summed E-state index contributed by atoms with van der Waals surface area (Å²) >= 11 is 0. The van der Waals surface area contributed by atoms with Gasteiger partial charge in [-0.3, -0.25) is 4.79 Å². The van der Waals surface area contributed by atoms with Crippen LogP contribution in [0.3, 0.4) is 0 Å². The largest absolute Gasteiger partial charge is 0.466 e. The number of carbonyl (C=O) groups is 1. The molecule has 30 heavy (non-hydrogen) atoms. The molecule has 10 heteroatoms. The van der Waals surface area contributed by atoms with E-state index in [-0.39, 0.29) is 24.4 Å². The van der Waals surface area contributed by atoms with E-state index in [1.165, 1.54) is 6.33 Å². The van der Waals surface area contributed by atoms with Gasteiger partial charge < -0.3 is 24.4 Å². The maximum atomic E-state index is 11.9. The van der Waals surface area contributed by atoms with Crippen LogP contribution in [0.1, 0.15) is 25.3 Å². The van der Waals surface area contributed by atoms with Crippen molar-refractivity contribution in [3.63, 3.8) is 0 Å². The molecule has 4 rings (SSSR count). The second-order valence-corrected chi connectivity index (χ2v) is 7.04. The SMILES string of the molecule is CCOC(=O)C1CCN(c2ncnc(NCc3ccc4c(c3)OCO4)c2N=O)CC1. The zero-order valence-corrected chi connectivity index (χ0v) is 16.7. The third-order valence-electron chi connectivity index (χ3n) is 5.21. The maximum absolute atomic E-state index is 11.9. The number of benzene rings is 1. The summed E-state index contributed by atoms with van der Waals surface area (Å²) in [6, 6.07) is 5.64. The van der Waals surface area contributed by atoms with Gasteiger partial charge in [-0.1, -0.05) is 6.07 Å². The van der Waals surface area contributed by atoms with Crippen LogP contribution >= 0.6 is 0 Å². The van der Waals surface area contributed by atoms with Crippen molar-refractivity contribution in [1.82, 2.24) is 9.97 Å². The number of anilines is 2. The Balaban J connectivity index is 1.44. The molecular weight excluding hydrogens is 390 g/mol. The minimum Gasteiger partial charge on any atom is -0.466 e. The smallest absolute Gasteiger partial charge is 0.309 e. The van der Waals surface area contributed by atoms with E-state index in [1.807, 2.05) is 23.1 Å². The summed E-state index contributed by atoms with van der Waals surface area (Å²) in [7, 11) is 0. The molecule has 0 radical (unpaired) electrons. The molecule has 1 N–H and O–H groups in total. The number of piperidine rings is 1. The first-order chi connectivity index (χ1) is 14.7. The van der Waals surface area contributed by atoms with Crippen molar-refractivity contribution in [2.24, 2.45) is 11.1 Å². The Morgan fingerprint density at radius 1 is 1.27 bits per heavy atom. The molecule has 0 bridgehead atoms. The lowest BCUT2D eigenvalue weighted by molar-refractivity contribution is -0.148. The van der Waals surface area contributed by atoms with Gasteiger partial charge in [0.2, 0.25) is 6.79 Å². The predicted octanol–water partition coefficient (Wildman–Crippen LogP) is 2.99. The Morgan fingerprint density at radius 3 is 2.83 bits per heavy atom. The van der Waals surface area contributed by atoms with Gasteiger partial charge in [0.25, 0.3) is 0 Å². The van der Waals surface area contributed by atoms with Crippen molar-refractivity contribution in [1.29, 1.82) is 0 Å². The zero-order valence-electron chi connectivity index (χ0n) is 16.7. The molecule has 0 saturated carbocycles. The van der Waals surface area contributed by atoms with Gasteiger partial charge in [-0.25, -0.2) is 9.97 Å². The van der Waals surface area contributed by atoms with E-state index >= 15 is 0 Å². The number of nitrogens with zero attached hydrogens (tertiary/aromatic N) is 4. The molecule has 1 fully saturated rings. The van der Waals surface area contributed by atoms with E-state index in [9.17, 15) is 9.70 Å². The Bertz CT molecular complexity index is 930. The van der Waals surface area contributed by atoms with Gasteiger partial charge >= 0.3 is 5.97 Å². The van der Waals surface area contributed by atoms with Crippen LogP contribution in [0.5, 0.6) is 11.5 Å². The zero-order chi connectivity index (χ0) is 20.9. The van der Waals surface area contributed by atoms with Crippen LogP contribution in [0.4, 0.5) is 17.3 Å². The highest BCUT2D eigenvalue weighted by Gasteiger charge is 2.28. The second-order valence-electron chi connectivity index (χ2n) is 7.04. The third-order valence-corrected chi connectivity index (χ3v) is 5.21. The summed E-state index contributed by atoms with van der Waals surface area (Å²) in [5, 5.41) is 6.34. The van der Waals surface area contributed by atoms with Crippen LogP contribution < -0.4 is 19.7 Å². The summed E-state index contributed by atoms with van der Waals surface area (Å²) in [5.41, 5.74) is 1.11. The summed E-state index contributed by atoms with van der Waals surface area (Å²) < 4.78 is 15.8. The summed E-state index contributed by atoms with van der Waals surface area (Å²) in [4.78, 5) is 34.0. The van der Waals surface area contributed by atoms with Crippen LogP contribution in [-0.2, 0) is 16.1 Å². The van der Waals surface area contributed by atoms with E-state index in [1.54, 1.807) is 6.92 Å². The van der Waals surface area contributed by atoms with E-state index < -0.39 is 0 Å². The number of carbonyl (C=O) groups excluding carboxylic acids is 1. The highest BCUT2D eigenvalue weighted by Crippen LogP contribution is 2.36. The molecule has 0 amide bonds. The first-order valence-corrected chi connectivity index (χ1v) is 9.92. The number of rotatable bonds is 7. The minimum absolute atomic E-state index is 0.126. The van der Waals surface area contributed by atoms with E-state index in [2.05, 4.69) is 20.5 Å². The summed E-state index contributed by atoms with van der Waals surface area (Å²) in [6.07, 6.45) is 2.69. The molecule has 2 aromatic rings. The number of nitroso groups, excluding NO2 is 1. The number of aromatic nitrogens is 2. The topological polar surface area (TPSA) is 115 Å². The number of ether oxygens (including phenoxy) is 3. The van der Waals surface area contributed by atoms with Crippen LogP contribution in [0, 0.1) is 10.8 Å². The fraction of sp³-hybridized carbons (Fsp3) is 0.450.